The minimum atomic E-state index is -3.47. The molecular weight excluding hydrogens is 312 g/mol. The van der Waals surface area contributed by atoms with Gasteiger partial charge >= 0.3 is 141 Å². The van der Waals surface area contributed by atoms with Crippen molar-refractivity contribution >= 4 is 3.87 Å². The molecule has 0 N–H and O–H groups in total. The molecule has 22 heavy (non-hydrogen) atoms. The van der Waals surface area contributed by atoms with Crippen molar-refractivity contribution in [1.29, 1.82) is 0 Å². The van der Waals surface area contributed by atoms with Crippen LogP contribution in [0.25, 0.3) is 0 Å². The zero-order chi connectivity index (χ0) is 16.6. The molecule has 1 aromatic carbocycles. The Labute approximate surface area is 141 Å². The zero-order valence-corrected chi connectivity index (χ0v) is 16.5. The van der Waals surface area contributed by atoms with Crippen molar-refractivity contribution in [3.05, 3.63) is 30.3 Å². The Morgan fingerprint density at radius 1 is 0.682 bits per heavy atom. The first kappa shape index (κ1) is 19.9. The van der Waals surface area contributed by atoms with Gasteiger partial charge < -0.3 is 0 Å². The summed E-state index contributed by atoms with van der Waals surface area (Å²) in [6.07, 6.45) is 0. The topological polar surface area (TPSA) is 27.7 Å². The molecule has 0 amide bonds. The molecule has 126 valence electrons. The summed E-state index contributed by atoms with van der Waals surface area (Å²) < 4.78 is 20.1. The quantitative estimate of drug-likeness (QED) is 0.595. The van der Waals surface area contributed by atoms with Gasteiger partial charge in [-0.15, -0.1) is 0 Å². The van der Waals surface area contributed by atoms with Crippen molar-refractivity contribution < 1.29 is 27.7 Å². The van der Waals surface area contributed by atoms with Crippen molar-refractivity contribution in [3.63, 3.8) is 0 Å². The monoisotopic (exact) mass is 344 g/mol. The van der Waals surface area contributed by atoms with E-state index in [1.165, 1.54) is 0 Å². The first-order valence-electron chi connectivity index (χ1n) is 8.33. The Bertz CT molecular complexity index is 373. The normalized spacial score (nSPS) is 12.6. The number of rotatable bonds is 10. The van der Waals surface area contributed by atoms with Gasteiger partial charge in [0, 0.05) is 0 Å². The maximum atomic E-state index is 6.32. The fraction of sp³-hybridized carbons (Fsp3) is 0.667. The van der Waals surface area contributed by atoms with Crippen LogP contribution in [0.4, 0.5) is 0 Å². The summed E-state index contributed by atoms with van der Waals surface area (Å²) in [5.41, 5.74) is 0. The second kappa shape index (κ2) is 9.84. The van der Waals surface area contributed by atoms with E-state index >= 15 is 0 Å². The number of hydrogen-bond donors (Lipinski definition) is 0. The fourth-order valence-electron chi connectivity index (χ4n) is 1.85. The molecular formula is C18H32O3Ti. The van der Waals surface area contributed by atoms with Gasteiger partial charge in [-0.25, -0.2) is 0 Å². The van der Waals surface area contributed by atoms with Gasteiger partial charge in [-0.1, -0.05) is 0 Å². The average molecular weight is 344 g/mol. The van der Waals surface area contributed by atoms with Crippen LogP contribution in [0.15, 0.2) is 30.3 Å². The van der Waals surface area contributed by atoms with Crippen LogP contribution in [0.5, 0.6) is 0 Å². The van der Waals surface area contributed by atoms with Gasteiger partial charge in [0.2, 0.25) is 0 Å². The third-order valence-electron chi connectivity index (χ3n) is 2.95. The Balaban J connectivity index is 3.03. The molecule has 0 aliphatic heterocycles. The number of hydrogen-bond acceptors (Lipinski definition) is 3. The van der Waals surface area contributed by atoms with Gasteiger partial charge in [-0.05, 0) is 0 Å². The third kappa shape index (κ3) is 6.93. The van der Waals surface area contributed by atoms with Crippen molar-refractivity contribution in [2.24, 2.45) is 17.8 Å². The van der Waals surface area contributed by atoms with E-state index in [2.05, 4.69) is 53.7 Å². The van der Waals surface area contributed by atoms with Crippen LogP contribution >= 0.6 is 0 Å². The predicted molar refractivity (Wildman–Crippen MR) is 88.4 cm³/mol. The Morgan fingerprint density at radius 2 is 1.05 bits per heavy atom. The summed E-state index contributed by atoms with van der Waals surface area (Å²) in [6, 6.07) is 10.3. The molecule has 0 atom stereocenters. The van der Waals surface area contributed by atoms with E-state index in [1.807, 2.05) is 18.2 Å². The van der Waals surface area contributed by atoms with Crippen LogP contribution in [0.2, 0.25) is 0 Å². The van der Waals surface area contributed by atoms with Gasteiger partial charge in [0.15, 0.2) is 0 Å². The fourth-order valence-corrected chi connectivity index (χ4v) is 6.55. The molecule has 3 nitrogen and oxygen atoms in total. The summed E-state index contributed by atoms with van der Waals surface area (Å²) in [5, 5.41) is 0. The maximum absolute atomic E-state index is 6.32. The van der Waals surface area contributed by atoms with Gasteiger partial charge in [0.25, 0.3) is 0 Å². The van der Waals surface area contributed by atoms with Crippen molar-refractivity contribution in [1.82, 2.24) is 0 Å². The molecule has 0 unspecified atom stereocenters. The van der Waals surface area contributed by atoms with Crippen molar-refractivity contribution in [2.75, 3.05) is 19.8 Å². The van der Waals surface area contributed by atoms with E-state index < -0.39 is 17.8 Å². The molecule has 0 fully saturated rings. The summed E-state index contributed by atoms with van der Waals surface area (Å²) >= 11 is -3.47. The molecule has 0 heterocycles. The molecule has 1 rings (SSSR count). The summed E-state index contributed by atoms with van der Waals surface area (Å²) in [5.74, 6) is 1.37. The van der Waals surface area contributed by atoms with E-state index in [9.17, 15) is 0 Å². The standard InChI is InChI=1S/C6H5.3C4H9O.Ti/c1-2-4-6-5-3-1;3*1-4(2)3-5;/h1-5H;3*4H,3H2,1-2H3;/q;3*-1;+3. The van der Waals surface area contributed by atoms with Crippen molar-refractivity contribution in [3.8, 4) is 0 Å². The molecule has 0 bridgehead atoms. The summed E-state index contributed by atoms with van der Waals surface area (Å²) in [7, 11) is 0. The van der Waals surface area contributed by atoms with Crippen LogP contribution < -0.4 is 3.87 Å². The van der Waals surface area contributed by atoms with Crippen LogP contribution in [-0.2, 0) is 27.7 Å². The molecule has 0 saturated carbocycles. The third-order valence-corrected chi connectivity index (χ3v) is 7.13. The first-order valence-corrected chi connectivity index (χ1v) is 11.0. The molecule has 0 aliphatic rings. The molecule has 0 spiro atoms. The summed E-state index contributed by atoms with van der Waals surface area (Å²) in [4.78, 5) is 0. The van der Waals surface area contributed by atoms with E-state index in [0.29, 0.717) is 37.6 Å². The van der Waals surface area contributed by atoms with E-state index in [4.69, 9.17) is 9.96 Å². The zero-order valence-electron chi connectivity index (χ0n) is 15.0. The molecule has 1 aromatic rings. The van der Waals surface area contributed by atoms with Gasteiger partial charge in [0.05, 0.1) is 0 Å². The van der Waals surface area contributed by atoms with Crippen LogP contribution in [-0.4, -0.2) is 19.8 Å². The van der Waals surface area contributed by atoms with Crippen LogP contribution in [0.1, 0.15) is 41.5 Å². The second-order valence-electron chi connectivity index (χ2n) is 7.04. The SMILES string of the molecule is CC(C)C[O][Ti]([O]CC(C)C)([O]CC(C)C)[c]1ccccc1. The molecule has 4 heteroatoms. The van der Waals surface area contributed by atoms with E-state index in [1.54, 1.807) is 0 Å². The van der Waals surface area contributed by atoms with Gasteiger partial charge in [-0.2, -0.15) is 0 Å². The molecule has 0 radical (unpaired) electrons. The second-order valence-corrected chi connectivity index (χ2v) is 11.0. The number of benzene rings is 1. The average Bonchev–Trinajstić information content (AvgIpc) is 2.47. The minimum absolute atomic E-state index is 0.457. The Morgan fingerprint density at radius 3 is 1.36 bits per heavy atom. The van der Waals surface area contributed by atoms with Gasteiger partial charge in [-0.3, -0.25) is 0 Å². The van der Waals surface area contributed by atoms with Crippen LogP contribution in [0, 0.1) is 17.8 Å². The Kier molecular flexibility index (Phi) is 8.89. The summed E-state index contributed by atoms with van der Waals surface area (Å²) in [6.45, 7) is 14.9. The first-order chi connectivity index (χ1) is 10.4. The predicted octanol–water partition coefficient (Wildman–Crippen LogP) is 4.23. The van der Waals surface area contributed by atoms with Gasteiger partial charge in [0.1, 0.15) is 0 Å². The van der Waals surface area contributed by atoms with Crippen molar-refractivity contribution in [2.45, 2.75) is 41.5 Å². The van der Waals surface area contributed by atoms with E-state index in [0.717, 1.165) is 3.87 Å². The molecule has 0 saturated heterocycles. The Hall–Kier alpha value is -0.186. The molecule has 0 aromatic heterocycles. The van der Waals surface area contributed by atoms with Crippen LogP contribution in [0.3, 0.4) is 0 Å². The van der Waals surface area contributed by atoms with E-state index in [-0.39, 0.29) is 0 Å². The molecule has 0 aliphatic carbocycles.